The number of furan rings is 1. The van der Waals surface area contributed by atoms with E-state index in [0.717, 1.165) is 16.8 Å². The van der Waals surface area contributed by atoms with E-state index in [1.165, 1.54) is 0 Å². The lowest BCUT2D eigenvalue weighted by atomic mass is 9.86. The highest BCUT2D eigenvalue weighted by molar-refractivity contribution is 6.30. The Morgan fingerprint density at radius 2 is 1.71 bits per heavy atom. The maximum absolute atomic E-state index is 13.8. The zero-order chi connectivity index (χ0) is 27.6. The molecule has 3 aromatic heterocycles. The van der Waals surface area contributed by atoms with Crippen LogP contribution in [0.4, 0.5) is 5.88 Å². The fourth-order valence-corrected chi connectivity index (χ4v) is 5.06. The van der Waals surface area contributed by atoms with Crippen molar-refractivity contribution in [3.8, 4) is 11.3 Å². The number of piperazine rings is 1. The second kappa shape index (κ2) is 8.98. The first-order valence-electron chi connectivity index (χ1n) is 12.6. The third-order valence-corrected chi connectivity index (χ3v) is 7.25. The second-order valence-corrected chi connectivity index (χ2v) is 11.7. The highest BCUT2D eigenvalue weighted by Crippen LogP contribution is 2.36. The van der Waals surface area contributed by atoms with Gasteiger partial charge in [0.25, 0.3) is 11.8 Å². The highest BCUT2D eigenvalue weighted by atomic mass is 35.5. The van der Waals surface area contributed by atoms with E-state index in [0.29, 0.717) is 40.1 Å². The van der Waals surface area contributed by atoms with Crippen LogP contribution in [-0.4, -0.2) is 45.3 Å². The Balaban J connectivity index is 1.52. The first-order chi connectivity index (χ1) is 17.8. The predicted octanol–water partition coefficient (Wildman–Crippen LogP) is 6.32. The average molecular weight is 535 g/mol. The summed E-state index contributed by atoms with van der Waals surface area (Å²) in [5.41, 5.74) is 3.00. The van der Waals surface area contributed by atoms with Crippen molar-refractivity contribution in [3.05, 3.63) is 64.3 Å². The van der Waals surface area contributed by atoms with Gasteiger partial charge in [-0.05, 0) is 44.4 Å². The van der Waals surface area contributed by atoms with Crippen molar-refractivity contribution >= 4 is 40.4 Å². The molecule has 0 unspecified atom stereocenters. The Bertz CT molecular complexity index is 1560. The lowest BCUT2D eigenvalue weighted by Crippen LogP contribution is -2.64. The van der Waals surface area contributed by atoms with Gasteiger partial charge >= 0.3 is 0 Å². The summed E-state index contributed by atoms with van der Waals surface area (Å²) in [6.45, 7) is 13.9. The molecule has 4 aromatic rings. The van der Waals surface area contributed by atoms with Gasteiger partial charge in [-0.15, -0.1) is 0 Å². The standard InChI is InChI=1S/C29H31ClN4O4/c1-16-26(37-17(2)31-16)33-12-13-34(29(6,7)27(33)36)25(35)23-15-22-24(38-23)20(28(3,4)5)14-21(32-22)18-8-10-19(30)11-9-18/h8-11,14-15H,12-13H2,1-7H3. The average Bonchev–Trinajstić information content (AvgIpc) is 3.42. The summed E-state index contributed by atoms with van der Waals surface area (Å²) < 4.78 is 11.9. The number of anilines is 1. The molecular weight excluding hydrogens is 504 g/mol. The molecule has 2 amide bonds. The molecule has 9 heteroatoms. The van der Waals surface area contributed by atoms with Gasteiger partial charge in [-0.1, -0.05) is 44.5 Å². The first kappa shape index (κ1) is 26.0. The normalized spacial score (nSPS) is 15.9. The van der Waals surface area contributed by atoms with E-state index < -0.39 is 5.54 Å². The fourth-order valence-electron chi connectivity index (χ4n) is 4.93. The molecule has 0 atom stereocenters. The number of carbonyl (C=O) groups excluding carboxylic acids is 2. The lowest BCUT2D eigenvalue weighted by molar-refractivity contribution is -0.130. The molecule has 0 spiro atoms. The van der Waals surface area contributed by atoms with Gasteiger partial charge in [0.1, 0.15) is 16.7 Å². The SMILES string of the molecule is Cc1nc(C)c(N2CCN(C(=O)c3cc4nc(-c5ccc(Cl)cc5)cc(C(C)(C)C)c4o3)C(C)(C)C2=O)o1. The lowest BCUT2D eigenvalue weighted by Gasteiger charge is -2.44. The minimum atomic E-state index is -1.13. The number of carbonyl (C=O) groups is 2. The number of nitrogens with zero attached hydrogens (tertiary/aromatic N) is 4. The molecular formula is C29H31ClN4O4. The fraction of sp³-hybridized carbons (Fsp3) is 0.379. The zero-order valence-corrected chi connectivity index (χ0v) is 23.4. The number of hydrogen-bond donors (Lipinski definition) is 0. The van der Waals surface area contributed by atoms with Crippen LogP contribution in [0, 0.1) is 13.8 Å². The van der Waals surface area contributed by atoms with Crippen LogP contribution in [0.1, 0.15) is 62.3 Å². The molecule has 8 nitrogen and oxygen atoms in total. The van der Waals surface area contributed by atoms with Crippen LogP contribution in [0.2, 0.25) is 5.02 Å². The molecule has 0 N–H and O–H groups in total. The van der Waals surface area contributed by atoms with Crippen molar-refractivity contribution in [3.63, 3.8) is 0 Å². The minimum Gasteiger partial charge on any atom is -0.449 e. The molecule has 198 valence electrons. The maximum atomic E-state index is 13.8. The zero-order valence-electron chi connectivity index (χ0n) is 22.7. The molecule has 4 heterocycles. The quantitative estimate of drug-likeness (QED) is 0.305. The van der Waals surface area contributed by atoms with Crippen LogP contribution in [0.3, 0.4) is 0 Å². The van der Waals surface area contributed by atoms with E-state index in [4.69, 9.17) is 25.4 Å². The topological polar surface area (TPSA) is 92.7 Å². The number of pyridine rings is 1. The number of rotatable bonds is 3. The molecule has 1 fully saturated rings. The Morgan fingerprint density at radius 3 is 2.32 bits per heavy atom. The molecule has 1 aliphatic heterocycles. The van der Waals surface area contributed by atoms with Gasteiger partial charge in [0.05, 0.1) is 5.69 Å². The molecule has 0 aliphatic carbocycles. The van der Waals surface area contributed by atoms with Crippen LogP contribution >= 0.6 is 11.6 Å². The number of halogens is 1. The van der Waals surface area contributed by atoms with Crippen molar-refractivity contribution in [2.24, 2.45) is 0 Å². The van der Waals surface area contributed by atoms with E-state index in [2.05, 4.69) is 25.8 Å². The summed E-state index contributed by atoms with van der Waals surface area (Å²) in [7, 11) is 0. The van der Waals surface area contributed by atoms with Gasteiger partial charge in [-0.25, -0.2) is 9.97 Å². The summed E-state index contributed by atoms with van der Waals surface area (Å²) in [5, 5.41) is 0.646. The van der Waals surface area contributed by atoms with Crippen molar-refractivity contribution in [1.29, 1.82) is 0 Å². The van der Waals surface area contributed by atoms with Crippen LogP contribution in [0.5, 0.6) is 0 Å². The van der Waals surface area contributed by atoms with E-state index >= 15 is 0 Å². The summed E-state index contributed by atoms with van der Waals surface area (Å²) in [5.74, 6) is 0.451. The monoisotopic (exact) mass is 534 g/mol. The molecule has 1 aliphatic rings. The number of amides is 2. The first-order valence-corrected chi connectivity index (χ1v) is 12.9. The number of benzene rings is 1. The van der Waals surface area contributed by atoms with Crippen molar-refractivity contribution in [2.75, 3.05) is 18.0 Å². The van der Waals surface area contributed by atoms with Crippen molar-refractivity contribution < 1.29 is 18.4 Å². The molecule has 5 rings (SSSR count). The van der Waals surface area contributed by atoms with Crippen molar-refractivity contribution in [1.82, 2.24) is 14.9 Å². The summed E-state index contributed by atoms with van der Waals surface area (Å²) in [6.07, 6.45) is 0. The number of aryl methyl sites for hydroxylation is 2. The van der Waals surface area contributed by atoms with Gasteiger partial charge in [0.2, 0.25) is 5.88 Å². The molecule has 38 heavy (non-hydrogen) atoms. The molecule has 1 saturated heterocycles. The minimum absolute atomic E-state index is 0.146. The van der Waals surface area contributed by atoms with E-state index in [9.17, 15) is 9.59 Å². The van der Waals surface area contributed by atoms with E-state index in [1.54, 1.807) is 43.6 Å². The Morgan fingerprint density at radius 1 is 1.03 bits per heavy atom. The van der Waals surface area contributed by atoms with Gasteiger partial charge in [0.15, 0.2) is 17.2 Å². The van der Waals surface area contributed by atoms with Gasteiger partial charge in [-0.3, -0.25) is 14.5 Å². The summed E-state index contributed by atoms with van der Waals surface area (Å²) >= 11 is 6.08. The Kier molecular flexibility index (Phi) is 6.14. The van der Waals surface area contributed by atoms with Crippen LogP contribution < -0.4 is 4.90 Å². The van der Waals surface area contributed by atoms with E-state index in [1.807, 2.05) is 30.3 Å². The molecule has 0 saturated carbocycles. The van der Waals surface area contributed by atoms with E-state index in [-0.39, 0.29) is 29.5 Å². The third kappa shape index (κ3) is 4.36. The Hall–Kier alpha value is -3.65. The summed E-state index contributed by atoms with van der Waals surface area (Å²) in [6, 6.07) is 11.1. The van der Waals surface area contributed by atoms with Gasteiger partial charge < -0.3 is 13.7 Å². The smallest absolute Gasteiger partial charge is 0.290 e. The predicted molar refractivity (Wildman–Crippen MR) is 147 cm³/mol. The number of hydrogen-bond acceptors (Lipinski definition) is 6. The molecule has 0 bridgehead atoms. The van der Waals surface area contributed by atoms with Crippen LogP contribution in [0.15, 0.2) is 45.2 Å². The highest BCUT2D eigenvalue weighted by Gasteiger charge is 2.47. The summed E-state index contributed by atoms with van der Waals surface area (Å²) in [4.78, 5) is 39.5. The van der Waals surface area contributed by atoms with Crippen LogP contribution in [-0.2, 0) is 10.2 Å². The molecule has 1 aromatic carbocycles. The number of oxazole rings is 1. The Labute approximate surface area is 226 Å². The van der Waals surface area contributed by atoms with Crippen molar-refractivity contribution in [2.45, 2.75) is 59.4 Å². The number of aromatic nitrogens is 2. The van der Waals surface area contributed by atoms with Gasteiger partial charge in [0, 0.05) is 42.2 Å². The third-order valence-electron chi connectivity index (χ3n) is 7.00. The molecule has 0 radical (unpaired) electrons. The second-order valence-electron chi connectivity index (χ2n) is 11.2. The van der Waals surface area contributed by atoms with Crippen LogP contribution in [0.25, 0.3) is 22.4 Å². The number of fused-ring (bicyclic) bond motifs is 1. The largest absolute Gasteiger partial charge is 0.449 e. The maximum Gasteiger partial charge on any atom is 0.290 e. The van der Waals surface area contributed by atoms with Gasteiger partial charge in [-0.2, -0.15) is 0 Å².